The summed E-state index contributed by atoms with van der Waals surface area (Å²) < 4.78 is 11.2. The van der Waals surface area contributed by atoms with Gasteiger partial charge in [0.1, 0.15) is 0 Å². The second-order valence-corrected chi connectivity index (χ2v) is 4.45. The number of hydrogen-bond donors (Lipinski definition) is 0. The van der Waals surface area contributed by atoms with Gasteiger partial charge in [0, 0.05) is 13.0 Å². The van der Waals surface area contributed by atoms with Crippen molar-refractivity contribution in [2.45, 2.75) is 52.9 Å². The van der Waals surface area contributed by atoms with Crippen molar-refractivity contribution in [2.24, 2.45) is 5.41 Å². The first-order valence-corrected chi connectivity index (χ1v) is 4.81. The minimum Gasteiger partial charge on any atom is -0.353 e. The van der Waals surface area contributed by atoms with Crippen LogP contribution in [0.5, 0.6) is 0 Å². The Kier molecular flexibility index (Phi) is 3.13. The fourth-order valence-electron chi connectivity index (χ4n) is 1.55. The molecule has 1 aliphatic heterocycles. The van der Waals surface area contributed by atoms with Gasteiger partial charge < -0.3 is 9.47 Å². The van der Waals surface area contributed by atoms with Crippen LogP contribution in [-0.4, -0.2) is 19.0 Å². The second kappa shape index (κ2) is 3.75. The third kappa shape index (κ3) is 2.46. The van der Waals surface area contributed by atoms with E-state index in [9.17, 15) is 0 Å². The van der Waals surface area contributed by atoms with Crippen LogP contribution in [0.2, 0.25) is 0 Å². The first-order chi connectivity index (χ1) is 5.54. The Bertz CT molecular complexity index is 137. The van der Waals surface area contributed by atoms with Crippen molar-refractivity contribution in [1.29, 1.82) is 0 Å². The summed E-state index contributed by atoms with van der Waals surface area (Å²) in [5.41, 5.74) is 0.256. The van der Waals surface area contributed by atoms with Gasteiger partial charge in [0.15, 0.2) is 6.29 Å². The van der Waals surface area contributed by atoms with Gasteiger partial charge in [-0.25, -0.2) is 0 Å². The average Bonchev–Trinajstić information content (AvgIpc) is 2.35. The summed E-state index contributed by atoms with van der Waals surface area (Å²) >= 11 is 0. The molecular formula is C10H20O2. The Morgan fingerprint density at radius 3 is 2.42 bits per heavy atom. The number of ether oxygens (including phenoxy) is 2. The van der Waals surface area contributed by atoms with Gasteiger partial charge in [0.05, 0.1) is 6.10 Å². The Balaban J connectivity index is 2.35. The lowest BCUT2D eigenvalue weighted by molar-refractivity contribution is -0.149. The standard InChI is InChI=1S/C10H20O2/c1-5-11-9-7-6-8(12-9)10(2,3)4/h8-9H,5-7H2,1-4H3/t8-,9+/m1/s1. The second-order valence-electron chi connectivity index (χ2n) is 4.45. The van der Waals surface area contributed by atoms with Gasteiger partial charge in [-0.2, -0.15) is 0 Å². The van der Waals surface area contributed by atoms with E-state index in [1.165, 1.54) is 0 Å². The molecule has 0 aromatic carbocycles. The van der Waals surface area contributed by atoms with Gasteiger partial charge in [-0.15, -0.1) is 0 Å². The maximum Gasteiger partial charge on any atom is 0.158 e. The zero-order valence-corrected chi connectivity index (χ0v) is 8.59. The molecule has 1 fully saturated rings. The van der Waals surface area contributed by atoms with E-state index in [0.717, 1.165) is 19.4 Å². The first-order valence-electron chi connectivity index (χ1n) is 4.81. The van der Waals surface area contributed by atoms with Crippen LogP contribution in [0.25, 0.3) is 0 Å². The minimum atomic E-state index is 0.0548. The van der Waals surface area contributed by atoms with E-state index in [-0.39, 0.29) is 11.7 Å². The molecule has 2 heteroatoms. The molecule has 0 amide bonds. The van der Waals surface area contributed by atoms with Crippen molar-refractivity contribution in [1.82, 2.24) is 0 Å². The van der Waals surface area contributed by atoms with Crippen molar-refractivity contribution < 1.29 is 9.47 Å². The van der Waals surface area contributed by atoms with Crippen molar-refractivity contribution >= 4 is 0 Å². The van der Waals surface area contributed by atoms with Crippen molar-refractivity contribution in [3.8, 4) is 0 Å². The lowest BCUT2D eigenvalue weighted by Crippen LogP contribution is -2.27. The van der Waals surface area contributed by atoms with Crippen LogP contribution >= 0.6 is 0 Å². The summed E-state index contributed by atoms with van der Waals surface area (Å²) in [6.45, 7) is 9.40. The summed E-state index contributed by atoms with van der Waals surface area (Å²) in [4.78, 5) is 0. The molecule has 2 nitrogen and oxygen atoms in total. The van der Waals surface area contributed by atoms with Gasteiger partial charge in [0.25, 0.3) is 0 Å². The molecular weight excluding hydrogens is 152 g/mol. The molecule has 0 aliphatic carbocycles. The molecule has 0 spiro atoms. The van der Waals surface area contributed by atoms with Crippen LogP contribution in [0, 0.1) is 5.41 Å². The zero-order chi connectivity index (χ0) is 9.19. The fraction of sp³-hybridized carbons (Fsp3) is 1.00. The zero-order valence-electron chi connectivity index (χ0n) is 8.59. The lowest BCUT2D eigenvalue weighted by Gasteiger charge is -2.26. The van der Waals surface area contributed by atoms with Crippen LogP contribution < -0.4 is 0 Å². The van der Waals surface area contributed by atoms with Crippen LogP contribution in [0.4, 0.5) is 0 Å². The SMILES string of the molecule is CCO[C@@H]1CC[C@H](C(C)(C)C)O1. The number of rotatable bonds is 2. The summed E-state index contributed by atoms with van der Waals surface area (Å²) in [6.07, 6.45) is 2.61. The fourth-order valence-corrected chi connectivity index (χ4v) is 1.55. The van der Waals surface area contributed by atoms with Gasteiger partial charge >= 0.3 is 0 Å². The maximum absolute atomic E-state index is 5.74. The molecule has 0 saturated carbocycles. The van der Waals surface area contributed by atoms with E-state index in [2.05, 4.69) is 20.8 Å². The Morgan fingerprint density at radius 2 is 2.00 bits per heavy atom. The Hall–Kier alpha value is -0.0800. The first kappa shape index (κ1) is 10.0. The van der Waals surface area contributed by atoms with Gasteiger partial charge in [-0.1, -0.05) is 20.8 Å². The maximum atomic E-state index is 5.74. The topological polar surface area (TPSA) is 18.5 Å². The molecule has 1 saturated heterocycles. The quantitative estimate of drug-likeness (QED) is 0.637. The van der Waals surface area contributed by atoms with E-state index in [1.54, 1.807) is 0 Å². The molecule has 0 bridgehead atoms. The van der Waals surface area contributed by atoms with Crippen molar-refractivity contribution in [2.75, 3.05) is 6.61 Å². The highest BCUT2D eigenvalue weighted by molar-refractivity contribution is 4.79. The molecule has 1 aliphatic rings. The predicted molar refractivity (Wildman–Crippen MR) is 49.0 cm³/mol. The van der Waals surface area contributed by atoms with Crippen LogP contribution in [0.15, 0.2) is 0 Å². The third-order valence-electron chi connectivity index (χ3n) is 2.30. The predicted octanol–water partition coefficient (Wildman–Crippen LogP) is 2.57. The Morgan fingerprint density at radius 1 is 1.33 bits per heavy atom. The lowest BCUT2D eigenvalue weighted by atomic mass is 9.88. The van der Waals surface area contributed by atoms with Crippen LogP contribution in [0.3, 0.4) is 0 Å². The third-order valence-corrected chi connectivity index (χ3v) is 2.30. The Labute approximate surface area is 75.2 Å². The number of hydrogen-bond acceptors (Lipinski definition) is 2. The highest BCUT2D eigenvalue weighted by atomic mass is 16.7. The summed E-state index contributed by atoms with van der Waals surface area (Å²) in [5.74, 6) is 0. The molecule has 0 radical (unpaired) electrons. The molecule has 2 atom stereocenters. The van der Waals surface area contributed by atoms with Gasteiger partial charge in [-0.3, -0.25) is 0 Å². The van der Waals surface area contributed by atoms with Gasteiger partial charge in [-0.05, 0) is 18.8 Å². The summed E-state index contributed by atoms with van der Waals surface area (Å²) in [5, 5.41) is 0. The summed E-state index contributed by atoms with van der Waals surface area (Å²) in [6, 6.07) is 0. The van der Waals surface area contributed by atoms with Gasteiger partial charge in [0.2, 0.25) is 0 Å². The van der Waals surface area contributed by atoms with Crippen molar-refractivity contribution in [3.63, 3.8) is 0 Å². The van der Waals surface area contributed by atoms with Crippen LogP contribution in [-0.2, 0) is 9.47 Å². The van der Waals surface area contributed by atoms with E-state index in [0.29, 0.717) is 6.10 Å². The van der Waals surface area contributed by atoms with E-state index in [4.69, 9.17) is 9.47 Å². The molecule has 0 aromatic heterocycles. The van der Waals surface area contributed by atoms with Crippen LogP contribution in [0.1, 0.15) is 40.5 Å². The molecule has 12 heavy (non-hydrogen) atoms. The molecule has 72 valence electrons. The van der Waals surface area contributed by atoms with E-state index < -0.39 is 0 Å². The van der Waals surface area contributed by atoms with Crippen molar-refractivity contribution in [3.05, 3.63) is 0 Å². The smallest absolute Gasteiger partial charge is 0.158 e. The minimum absolute atomic E-state index is 0.0548. The van der Waals surface area contributed by atoms with E-state index in [1.807, 2.05) is 6.92 Å². The normalized spacial score (nSPS) is 31.0. The average molecular weight is 172 g/mol. The molecule has 1 rings (SSSR count). The molecule has 0 aromatic rings. The highest BCUT2D eigenvalue weighted by Gasteiger charge is 2.33. The molecule has 0 unspecified atom stereocenters. The van der Waals surface area contributed by atoms with E-state index >= 15 is 0 Å². The molecule has 1 heterocycles. The molecule has 0 N–H and O–H groups in total. The summed E-state index contributed by atoms with van der Waals surface area (Å²) in [7, 11) is 0. The largest absolute Gasteiger partial charge is 0.353 e. The highest BCUT2D eigenvalue weighted by Crippen LogP contribution is 2.33. The monoisotopic (exact) mass is 172 g/mol.